The van der Waals surface area contributed by atoms with Gasteiger partial charge in [-0.3, -0.25) is 10.2 Å². The Morgan fingerprint density at radius 3 is 2.56 bits per heavy atom. The first-order chi connectivity index (χ1) is 13.0. The Morgan fingerprint density at radius 2 is 1.89 bits per heavy atom. The second-order valence-corrected chi connectivity index (χ2v) is 5.93. The van der Waals surface area contributed by atoms with Gasteiger partial charge in [0.1, 0.15) is 5.82 Å². The quantitative estimate of drug-likeness (QED) is 0.620. The van der Waals surface area contributed by atoms with E-state index in [9.17, 15) is 14.0 Å². The maximum Gasteiger partial charge on any atom is 0.337 e. The molecule has 3 aromatic rings. The molecule has 8 heteroatoms. The number of hydrazine groups is 1. The van der Waals surface area contributed by atoms with E-state index < -0.39 is 17.8 Å². The Balaban J connectivity index is 1.50. The molecule has 2 aromatic carbocycles. The number of anilines is 1. The lowest BCUT2D eigenvalue weighted by Gasteiger charge is -2.10. The van der Waals surface area contributed by atoms with Crippen LogP contribution in [-0.2, 0) is 6.54 Å². The third kappa shape index (κ3) is 4.91. The normalized spacial score (nSPS) is 10.3. The van der Waals surface area contributed by atoms with Crippen LogP contribution in [0.2, 0.25) is 0 Å². The number of halogens is 1. The predicted octanol–water partition coefficient (Wildman–Crippen LogP) is 2.85. The van der Waals surface area contributed by atoms with Crippen molar-refractivity contribution >= 4 is 17.6 Å². The lowest BCUT2D eigenvalue weighted by molar-refractivity contribution is 0.0937. The highest BCUT2D eigenvalue weighted by Gasteiger charge is 2.09. The Kier molecular flexibility index (Phi) is 5.46. The predicted molar refractivity (Wildman–Crippen MR) is 98.5 cm³/mol. The highest BCUT2D eigenvalue weighted by Crippen LogP contribution is 2.11. The van der Waals surface area contributed by atoms with Crippen molar-refractivity contribution in [3.63, 3.8) is 0 Å². The number of amides is 3. The van der Waals surface area contributed by atoms with Gasteiger partial charge in [0.2, 0.25) is 0 Å². The molecule has 1 heterocycles. The molecule has 0 fully saturated rings. The Morgan fingerprint density at radius 1 is 1.11 bits per heavy atom. The summed E-state index contributed by atoms with van der Waals surface area (Å²) in [5, 5.41) is 2.60. The summed E-state index contributed by atoms with van der Waals surface area (Å²) in [4.78, 5) is 27.8. The maximum absolute atomic E-state index is 13.5. The molecule has 0 saturated heterocycles. The molecule has 7 nitrogen and oxygen atoms in total. The minimum atomic E-state index is -0.613. The summed E-state index contributed by atoms with van der Waals surface area (Å²) in [5.74, 6) is -1.09. The van der Waals surface area contributed by atoms with E-state index in [2.05, 4.69) is 21.2 Å². The zero-order chi connectivity index (χ0) is 19.2. The summed E-state index contributed by atoms with van der Waals surface area (Å²) in [6, 6.07) is 10.7. The number of carbonyl (C=O) groups is 2. The third-order valence-corrected chi connectivity index (χ3v) is 3.86. The van der Waals surface area contributed by atoms with Gasteiger partial charge in [-0.2, -0.15) is 0 Å². The first kappa shape index (κ1) is 18.1. The van der Waals surface area contributed by atoms with E-state index in [1.807, 2.05) is 22.9 Å². The van der Waals surface area contributed by atoms with E-state index >= 15 is 0 Å². The molecular formula is C19H18FN5O2. The van der Waals surface area contributed by atoms with Crippen LogP contribution in [0.5, 0.6) is 0 Å². The summed E-state index contributed by atoms with van der Waals surface area (Å²) < 4.78 is 15.4. The summed E-state index contributed by atoms with van der Waals surface area (Å²) in [6.07, 6.45) is 5.30. The van der Waals surface area contributed by atoms with E-state index in [4.69, 9.17) is 0 Å². The Bertz CT molecular complexity index is 939. The van der Waals surface area contributed by atoms with Gasteiger partial charge >= 0.3 is 6.03 Å². The molecule has 0 atom stereocenters. The number of nitrogens with zero attached hydrogens (tertiary/aromatic N) is 2. The zero-order valence-corrected chi connectivity index (χ0v) is 14.6. The van der Waals surface area contributed by atoms with Crippen molar-refractivity contribution < 1.29 is 14.0 Å². The van der Waals surface area contributed by atoms with Gasteiger partial charge in [0, 0.05) is 30.2 Å². The van der Waals surface area contributed by atoms with Gasteiger partial charge < -0.3 is 9.88 Å². The fourth-order valence-corrected chi connectivity index (χ4v) is 2.37. The first-order valence-electron chi connectivity index (χ1n) is 8.19. The smallest absolute Gasteiger partial charge is 0.333 e. The van der Waals surface area contributed by atoms with Gasteiger partial charge in [-0.25, -0.2) is 19.6 Å². The van der Waals surface area contributed by atoms with Crippen molar-refractivity contribution in [2.75, 3.05) is 5.32 Å². The van der Waals surface area contributed by atoms with Gasteiger partial charge in [0.25, 0.3) is 5.91 Å². The average molecular weight is 367 g/mol. The molecule has 0 aliphatic heterocycles. The fraction of sp³-hybridized carbons (Fsp3) is 0.105. The number of rotatable bonds is 4. The SMILES string of the molecule is Cc1ccc(C(=O)NNC(=O)Nc2ccc(Cn3ccnc3)cc2)cc1F. The van der Waals surface area contributed by atoms with Crippen molar-refractivity contribution in [2.24, 2.45) is 0 Å². The number of carbonyl (C=O) groups excluding carboxylic acids is 2. The van der Waals surface area contributed by atoms with Crippen molar-refractivity contribution in [2.45, 2.75) is 13.5 Å². The topological polar surface area (TPSA) is 88.0 Å². The summed E-state index contributed by atoms with van der Waals surface area (Å²) in [5.41, 5.74) is 6.63. The van der Waals surface area contributed by atoms with Crippen LogP contribution in [0.15, 0.2) is 61.2 Å². The number of hydrogen-bond donors (Lipinski definition) is 3. The largest absolute Gasteiger partial charge is 0.337 e. The van der Waals surface area contributed by atoms with Crippen LogP contribution in [-0.4, -0.2) is 21.5 Å². The van der Waals surface area contributed by atoms with Crippen molar-refractivity contribution in [3.8, 4) is 0 Å². The second-order valence-electron chi connectivity index (χ2n) is 5.93. The van der Waals surface area contributed by atoms with Gasteiger partial charge in [-0.1, -0.05) is 18.2 Å². The van der Waals surface area contributed by atoms with Crippen molar-refractivity contribution in [1.29, 1.82) is 0 Å². The fourth-order valence-electron chi connectivity index (χ4n) is 2.37. The van der Waals surface area contributed by atoms with Gasteiger partial charge in [0.05, 0.1) is 6.33 Å². The monoisotopic (exact) mass is 367 g/mol. The molecule has 1 aromatic heterocycles. The maximum atomic E-state index is 13.5. The molecule has 0 radical (unpaired) electrons. The summed E-state index contributed by atoms with van der Waals surface area (Å²) >= 11 is 0. The highest BCUT2D eigenvalue weighted by atomic mass is 19.1. The molecule has 0 unspecified atom stereocenters. The number of urea groups is 1. The Labute approximate surface area is 155 Å². The lowest BCUT2D eigenvalue weighted by atomic mass is 10.1. The van der Waals surface area contributed by atoms with Crippen LogP contribution in [0.4, 0.5) is 14.9 Å². The van der Waals surface area contributed by atoms with Gasteiger partial charge in [-0.05, 0) is 42.3 Å². The molecule has 138 valence electrons. The number of imidazole rings is 1. The third-order valence-electron chi connectivity index (χ3n) is 3.86. The van der Waals surface area contributed by atoms with E-state index in [0.717, 1.165) is 11.6 Å². The number of aromatic nitrogens is 2. The molecule has 0 saturated carbocycles. The number of aryl methyl sites for hydroxylation is 1. The average Bonchev–Trinajstić information content (AvgIpc) is 3.16. The van der Waals surface area contributed by atoms with Crippen molar-refractivity contribution in [1.82, 2.24) is 20.4 Å². The van der Waals surface area contributed by atoms with Crippen LogP contribution in [0.3, 0.4) is 0 Å². The standard InChI is InChI=1S/C19H18FN5O2/c1-13-2-5-15(10-17(13)20)18(26)23-24-19(27)22-16-6-3-14(4-7-16)11-25-9-8-21-12-25/h2-10,12H,11H2,1H3,(H,23,26)(H2,22,24,27). The number of nitrogens with one attached hydrogen (secondary N) is 3. The van der Waals surface area contributed by atoms with Crippen LogP contribution < -0.4 is 16.2 Å². The molecule has 0 aliphatic carbocycles. The van der Waals surface area contributed by atoms with E-state index in [0.29, 0.717) is 17.8 Å². The molecule has 3 N–H and O–H groups in total. The van der Waals surface area contributed by atoms with Crippen molar-refractivity contribution in [3.05, 3.63) is 83.7 Å². The summed E-state index contributed by atoms with van der Waals surface area (Å²) in [7, 11) is 0. The molecule has 3 rings (SSSR count). The van der Waals surface area contributed by atoms with Crippen LogP contribution >= 0.6 is 0 Å². The lowest BCUT2D eigenvalue weighted by Crippen LogP contribution is -2.43. The van der Waals surface area contributed by atoms with E-state index in [1.54, 1.807) is 31.6 Å². The van der Waals surface area contributed by atoms with Crippen LogP contribution in [0, 0.1) is 12.7 Å². The van der Waals surface area contributed by atoms with E-state index in [-0.39, 0.29) is 5.56 Å². The first-order valence-corrected chi connectivity index (χ1v) is 8.19. The van der Waals surface area contributed by atoms with Crippen LogP contribution in [0.1, 0.15) is 21.5 Å². The summed E-state index contributed by atoms with van der Waals surface area (Å²) in [6.45, 7) is 2.28. The molecule has 0 spiro atoms. The molecule has 27 heavy (non-hydrogen) atoms. The minimum Gasteiger partial charge on any atom is -0.333 e. The molecule has 3 amide bonds. The highest BCUT2D eigenvalue weighted by molar-refractivity contribution is 5.97. The number of benzene rings is 2. The van der Waals surface area contributed by atoms with Gasteiger partial charge in [-0.15, -0.1) is 0 Å². The second kappa shape index (κ2) is 8.13. The minimum absolute atomic E-state index is 0.113. The zero-order valence-electron chi connectivity index (χ0n) is 14.6. The van der Waals surface area contributed by atoms with Gasteiger partial charge in [0.15, 0.2) is 0 Å². The molecule has 0 aliphatic rings. The van der Waals surface area contributed by atoms with Crippen LogP contribution in [0.25, 0.3) is 0 Å². The van der Waals surface area contributed by atoms with E-state index in [1.165, 1.54) is 12.1 Å². The molecule has 0 bridgehead atoms. The molecular weight excluding hydrogens is 349 g/mol. The Hall–Kier alpha value is -3.68. The number of hydrogen-bond acceptors (Lipinski definition) is 3.